The van der Waals surface area contributed by atoms with Crippen LogP contribution in [0.1, 0.15) is 33.1 Å². The normalized spacial score (nSPS) is 28.8. The first-order valence-electron chi connectivity index (χ1n) is 3.96. The van der Waals surface area contributed by atoms with Gasteiger partial charge in [0.1, 0.15) is 0 Å². The molecule has 4 atom stereocenters. The molecule has 1 aliphatic carbocycles. The second kappa shape index (κ2) is 6.97. The molecule has 0 radical (unpaired) electrons. The second-order valence-electron chi connectivity index (χ2n) is 2.74. The van der Waals surface area contributed by atoms with E-state index in [1.807, 2.05) is 0 Å². The summed E-state index contributed by atoms with van der Waals surface area (Å²) >= 11 is 0. The van der Waals surface area contributed by atoms with Crippen molar-refractivity contribution in [2.24, 2.45) is 11.8 Å². The van der Waals surface area contributed by atoms with Gasteiger partial charge in [-0.05, 0) is 18.3 Å². The zero-order valence-corrected chi connectivity index (χ0v) is 10.2. The molecule has 0 aliphatic heterocycles. The fourth-order valence-corrected chi connectivity index (χ4v) is 1.31. The van der Waals surface area contributed by atoms with Gasteiger partial charge in [0.2, 0.25) is 0 Å². The van der Waals surface area contributed by atoms with Crippen molar-refractivity contribution < 1.29 is 0 Å². The van der Waals surface area contributed by atoms with Crippen molar-refractivity contribution in [3.63, 3.8) is 0 Å². The van der Waals surface area contributed by atoms with Gasteiger partial charge in [-0.3, -0.25) is 0 Å². The van der Waals surface area contributed by atoms with Crippen LogP contribution < -0.4 is 0 Å². The fraction of sp³-hybridized carbons (Fsp3) is 1.00. The topological polar surface area (TPSA) is 0 Å². The molecule has 0 nitrogen and oxygen atoms in total. The van der Waals surface area contributed by atoms with E-state index in [-0.39, 0.29) is 0 Å². The Morgan fingerprint density at radius 1 is 1.20 bits per heavy atom. The minimum atomic E-state index is 0.917. The molecule has 0 heterocycles. The predicted molar refractivity (Wildman–Crippen MR) is 59.9 cm³/mol. The molecule has 0 aromatic carbocycles. The van der Waals surface area contributed by atoms with E-state index in [0.29, 0.717) is 0 Å². The molecular weight excluding hydrogens is 177 g/mol. The van der Waals surface area contributed by atoms with E-state index in [2.05, 4.69) is 31.7 Å². The highest BCUT2D eigenvalue weighted by Crippen LogP contribution is 2.42. The highest BCUT2D eigenvalue weighted by atomic mass is 32.4. The molecule has 0 aromatic rings. The van der Waals surface area contributed by atoms with Crippen molar-refractivity contribution in [2.45, 2.75) is 33.1 Å². The molecule has 10 heavy (non-hydrogen) atoms. The van der Waals surface area contributed by atoms with Crippen molar-refractivity contribution in [1.29, 1.82) is 0 Å². The molecule has 2 unspecified atom stereocenters. The molecule has 1 saturated carbocycles. The summed E-state index contributed by atoms with van der Waals surface area (Å²) < 4.78 is 0. The molecule has 1 rings (SSSR count). The Kier molecular flexibility index (Phi) is 7.87. The summed E-state index contributed by atoms with van der Waals surface area (Å²) in [5.74, 6) is 2.23. The number of rotatable bonds is 2. The maximum absolute atomic E-state index is 2.57. The minimum absolute atomic E-state index is 0.917. The first kappa shape index (κ1) is 11.3. The average Bonchev–Trinajstić information content (AvgIpc) is 2.67. The summed E-state index contributed by atoms with van der Waals surface area (Å²) in [7, 11) is 6.06. The van der Waals surface area contributed by atoms with Crippen LogP contribution in [0.3, 0.4) is 0 Å². The monoisotopic (exact) mass is 196 g/mol. The van der Waals surface area contributed by atoms with E-state index in [0.717, 1.165) is 19.8 Å². The molecule has 0 amide bonds. The van der Waals surface area contributed by atoms with Gasteiger partial charge in [-0.2, -0.15) is 0 Å². The van der Waals surface area contributed by atoms with Gasteiger partial charge < -0.3 is 0 Å². The molecule has 0 spiro atoms. The molecule has 1 aliphatic rings. The summed E-state index contributed by atoms with van der Waals surface area (Å²) in [4.78, 5) is 0. The Labute approximate surface area is 71.3 Å². The maximum Gasteiger partial charge on any atom is -0.0386 e. The first-order valence-corrected chi connectivity index (χ1v) is 8.58. The van der Waals surface area contributed by atoms with Crippen molar-refractivity contribution in [3.8, 4) is 0 Å². The summed E-state index contributed by atoms with van der Waals surface area (Å²) in [6.07, 6.45) is 4.35. The lowest BCUT2D eigenvalue weighted by atomic mass is 10.2. The van der Waals surface area contributed by atoms with Crippen molar-refractivity contribution in [2.75, 3.05) is 0 Å². The van der Waals surface area contributed by atoms with Gasteiger partial charge in [-0.25, -0.2) is 0 Å². The van der Waals surface area contributed by atoms with Crippen molar-refractivity contribution in [3.05, 3.63) is 0 Å². The third-order valence-electron chi connectivity index (χ3n) is 2.12. The van der Waals surface area contributed by atoms with E-state index in [1.54, 1.807) is 0 Å². The highest BCUT2D eigenvalue weighted by molar-refractivity contribution is 8.33. The lowest BCUT2D eigenvalue weighted by molar-refractivity contribution is 0.663. The Morgan fingerprint density at radius 2 is 1.50 bits per heavy atom. The van der Waals surface area contributed by atoms with E-state index in [1.165, 1.54) is 19.3 Å². The van der Waals surface area contributed by atoms with Gasteiger partial charge in [-0.15, -0.1) is 17.9 Å². The van der Waals surface area contributed by atoms with Crippen LogP contribution in [0.15, 0.2) is 0 Å². The van der Waals surface area contributed by atoms with E-state index in [9.17, 15) is 0 Å². The quantitative estimate of drug-likeness (QED) is 0.591. The van der Waals surface area contributed by atoms with Gasteiger partial charge in [0.05, 0.1) is 0 Å². The van der Waals surface area contributed by atoms with E-state index in [4.69, 9.17) is 0 Å². The lowest BCUT2D eigenvalue weighted by Crippen LogP contribution is -1.74. The number of hydrogen-bond acceptors (Lipinski definition) is 0. The summed E-state index contributed by atoms with van der Waals surface area (Å²) in [6, 6.07) is 0. The molecule has 0 aromatic heterocycles. The Bertz CT molecular complexity index is 67.3. The summed E-state index contributed by atoms with van der Waals surface area (Å²) in [5.41, 5.74) is 0. The van der Waals surface area contributed by atoms with Gasteiger partial charge in [0.25, 0.3) is 0 Å². The van der Waals surface area contributed by atoms with Crippen LogP contribution in [0, 0.1) is 11.8 Å². The van der Waals surface area contributed by atoms with Crippen LogP contribution in [0.2, 0.25) is 0 Å². The minimum Gasteiger partial charge on any atom is -0.110 e. The third kappa shape index (κ3) is 5.01. The molecule has 0 saturated heterocycles. The van der Waals surface area contributed by atoms with Crippen LogP contribution >= 0.6 is 25.8 Å². The predicted octanol–water partition coefficient (Wildman–Crippen LogP) is 3.69. The van der Waals surface area contributed by atoms with Gasteiger partial charge >= 0.3 is 0 Å². The Hall–Kier alpha value is 1.29. The molecular formula is C7H19P3. The van der Waals surface area contributed by atoms with Gasteiger partial charge in [-0.1, -0.05) is 34.6 Å². The van der Waals surface area contributed by atoms with Gasteiger partial charge in [0.15, 0.2) is 0 Å². The number of hydrogen-bond donors (Lipinski definition) is 0. The zero-order valence-electron chi connectivity index (χ0n) is 6.93. The summed E-state index contributed by atoms with van der Waals surface area (Å²) in [6.45, 7) is 4.58. The van der Waals surface area contributed by atoms with Crippen molar-refractivity contribution in [1.82, 2.24) is 0 Å². The second-order valence-corrected chi connectivity index (χ2v) is 7.07. The van der Waals surface area contributed by atoms with Crippen LogP contribution in [0.4, 0.5) is 0 Å². The zero-order chi connectivity index (χ0) is 7.98. The summed E-state index contributed by atoms with van der Waals surface area (Å²) in [5, 5.41) is 0. The van der Waals surface area contributed by atoms with Crippen LogP contribution in [0.25, 0.3) is 0 Å². The molecule has 0 N–H and O–H groups in total. The van der Waals surface area contributed by atoms with Crippen molar-refractivity contribution >= 4 is 25.8 Å². The van der Waals surface area contributed by atoms with Crippen LogP contribution in [-0.4, -0.2) is 0 Å². The van der Waals surface area contributed by atoms with Crippen LogP contribution in [-0.2, 0) is 0 Å². The Morgan fingerprint density at radius 3 is 1.60 bits per heavy atom. The van der Waals surface area contributed by atoms with Crippen LogP contribution in [0.5, 0.6) is 0 Å². The standard InChI is InChI=1S/C7H14.H5P3/c1-3-6-5-7(6)4-2;1-3-2/h6-7H,3-5H2,1-2H3;3H,1-2H2/t6-,7-;/m1./s1. The average molecular weight is 196 g/mol. The third-order valence-corrected chi connectivity index (χ3v) is 2.12. The Balaban J connectivity index is 0.000000236. The van der Waals surface area contributed by atoms with E-state index < -0.39 is 0 Å². The fourth-order valence-electron chi connectivity index (χ4n) is 1.31. The largest absolute Gasteiger partial charge is 0.110 e. The molecule has 0 bridgehead atoms. The molecule has 3 heteroatoms. The SMILES string of the molecule is CC[C@@H]1C[C@H]1CC.PPP. The molecule has 1 fully saturated rings. The van der Waals surface area contributed by atoms with Gasteiger partial charge in [0, 0.05) is 0 Å². The maximum atomic E-state index is 2.57. The molecule has 62 valence electrons. The smallest absolute Gasteiger partial charge is 0.0386 e. The van der Waals surface area contributed by atoms with E-state index >= 15 is 0 Å². The first-order chi connectivity index (χ1) is 4.79. The highest BCUT2D eigenvalue weighted by Gasteiger charge is 2.32. The lowest BCUT2D eigenvalue weighted by Gasteiger charge is -1.85.